The number of aliphatic carboxylic acids is 2. The van der Waals surface area contributed by atoms with Crippen LogP contribution in [0.1, 0.15) is 80.1 Å². The first-order valence-electron chi connectivity index (χ1n) is 9.52. The van der Waals surface area contributed by atoms with Crippen LogP contribution in [0.15, 0.2) is 0 Å². The zero-order chi connectivity index (χ0) is 23.1. The molecule has 0 rings (SSSR count). The van der Waals surface area contributed by atoms with Crippen molar-refractivity contribution in [2.24, 2.45) is 11.8 Å². The number of carbonyl (C=O) groups excluding carboxylic acids is 4. The number of Topliss-reactive ketones (excluding diaryl/α,β-unsaturated/α-hetero) is 2. The van der Waals surface area contributed by atoms with E-state index in [0.717, 1.165) is 0 Å². The number of aliphatic hydroxyl groups is 2. The zero-order valence-electron chi connectivity index (χ0n) is 18.7. The van der Waals surface area contributed by atoms with Crippen LogP contribution < -0.4 is 10.2 Å². The van der Waals surface area contributed by atoms with E-state index in [4.69, 9.17) is 10.2 Å². The van der Waals surface area contributed by atoms with E-state index < -0.39 is 24.8 Å². The van der Waals surface area contributed by atoms with E-state index in [9.17, 15) is 29.4 Å². The fourth-order valence-electron chi connectivity index (χ4n) is 1.06. The summed E-state index contributed by atoms with van der Waals surface area (Å²) in [4.78, 5) is 40.4. The van der Waals surface area contributed by atoms with Crippen molar-refractivity contribution in [3.8, 4) is 0 Å². The number of rotatable bonds is 10. The van der Waals surface area contributed by atoms with Gasteiger partial charge in [-0.2, -0.15) is 0 Å². The summed E-state index contributed by atoms with van der Waals surface area (Å²) in [5.41, 5.74) is 0. The van der Waals surface area contributed by atoms with Crippen molar-refractivity contribution < 1.29 is 61.3 Å². The molecule has 0 saturated carbocycles. The molecule has 0 aromatic carbocycles. The van der Waals surface area contributed by atoms with Gasteiger partial charge in [0.15, 0.2) is 0 Å². The molecule has 0 unspecified atom stereocenters. The Labute approximate surface area is 190 Å². The number of hydrogen-bond donors (Lipinski definition) is 2. The largest absolute Gasteiger partial charge is 2.00 e. The van der Waals surface area contributed by atoms with Crippen LogP contribution in [0.25, 0.3) is 0 Å². The van der Waals surface area contributed by atoms with Crippen molar-refractivity contribution in [1.82, 2.24) is 0 Å². The summed E-state index contributed by atoms with van der Waals surface area (Å²) in [7, 11) is 0. The molecule has 170 valence electrons. The number of carboxylic acids is 2. The van der Waals surface area contributed by atoms with Crippen LogP contribution in [0.2, 0.25) is 0 Å². The van der Waals surface area contributed by atoms with Gasteiger partial charge in [0.25, 0.3) is 0 Å². The molecule has 0 saturated heterocycles. The van der Waals surface area contributed by atoms with Crippen LogP contribution >= 0.6 is 0 Å². The van der Waals surface area contributed by atoms with Gasteiger partial charge >= 0.3 is 21.7 Å². The van der Waals surface area contributed by atoms with Gasteiger partial charge in [-0.25, -0.2) is 0 Å². The molecule has 0 aliphatic rings. The molecular formula is C20H38O8Ti. The van der Waals surface area contributed by atoms with Gasteiger partial charge in [-0.15, -0.1) is 0 Å². The summed E-state index contributed by atoms with van der Waals surface area (Å²) in [6.07, 6.45) is 1.21. The van der Waals surface area contributed by atoms with E-state index >= 15 is 0 Å². The van der Waals surface area contributed by atoms with Gasteiger partial charge in [-0.1, -0.05) is 41.5 Å². The molecular weight excluding hydrogens is 416 g/mol. The molecule has 0 aromatic rings. The summed E-state index contributed by atoms with van der Waals surface area (Å²) in [6.45, 7) is 12.2. The molecule has 0 atom stereocenters. The Morgan fingerprint density at radius 2 is 0.897 bits per heavy atom. The number of carboxylic acid groups (broad SMARTS) is 2. The third-order valence-corrected chi connectivity index (χ3v) is 2.47. The molecule has 29 heavy (non-hydrogen) atoms. The molecule has 2 N–H and O–H groups in total. The summed E-state index contributed by atoms with van der Waals surface area (Å²) < 4.78 is 0. The SMILES string of the molecule is CC(C)CO.CC(C)CO.CCCC(=O)CC(=O)[O-].CCCC(=O)CC(=O)[O-].[Ti+2]. The third-order valence-electron chi connectivity index (χ3n) is 2.47. The maximum Gasteiger partial charge on any atom is 2.00 e. The van der Waals surface area contributed by atoms with Crippen LogP contribution in [0, 0.1) is 11.8 Å². The maximum absolute atomic E-state index is 10.4. The first-order valence-corrected chi connectivity index (χ1v) is 9.52. The van der Waals surface area contributed by atoms with Crippen molar-refractivity contribution in [3.63, 3.8) is 0 Å². The zero-order valence-corrected chi connectivity index (χ0v) is 20.2. The van der Waals surface area contributed by atoms with E-state index in [1.807, 2.05) is 41.5 Å². The second kappa shape index (κ2) is 29.1. The Kier molecular flexibility index (Phi) is 38.7. The first kappa shape index (κ1) is 38.5. The van der Waals surface area contributed by atoms with Crippen molar-refractivity contribution in [1.29, 1.82) is 0 Å². The van der Waals surface area contributed by atoms with Crippen molar-refractivity contribution in [3.05, 3.63) is 0 Å². The van der Waals surface area contributed by atoms with Crippen LogP contribution in [0.5, 0.6) is 0 Å². The fraction of sp³-hybridized carbons (Fsp3) is 0.800. The number of hydrogen-bond acceptors (Lipinski definition) is 8. The van der Waals surface area contributed by atoms with Crippen LogP contribution in [-0.2, 0) is 40.9 Å². The van der Waals surface area contributed by atoms with Crippen molar-refractivity contribution in [2.45, 2.75) is 80.1 Å². The molecule has 0 aliphatic heterocycles. The minimum atomic E-state index is -1.28. The van der Waals surface area contributed by atoms with E-state index in [2.05, 4.69) is 0 Å². The van der Waals surface area contributed by atoms with Crippen molar-refractivity contribution >= 4 is 23.5 Å². The Balaban J connectivity index is -0.0000000907. The van der Waals surface area contributed by atoms with Gasteiger partial charge in [0, 0.05) is 50.8 Å². The maximum atomic E-state index is 10.4. The predicted molar refractivity (Wildman–Crippen MR) is 103 cm³/mol. The number of ketones is 2. The van der Waals surface area contributed by atoms with E-state index in [-0.39, 0.29) is 33.3 Å². The predicted octanol–water partition coefficient (Wildman–Crippen LogP) is 0.258. The summed E-state index contributed by atoms with van der Waals surface area (Å²) in [6, 6.07) is 0. The van der Waals surface area contributed by atoms with Gasteiger partial charge in [-0.3, -0.25) is 9.59 Å². The fourth-order valence-corrected chi connectivity index (χ4v) is 1.06. The second-order valence-electron chi connectivity index (χ2n) is 6.83. The average Bonchev–Trinajstić information content (AvgIpc) is 2.55. The molecule has 9 heteroatoms. The molecule has 8 nitrogen and oxygen atoms in total. The Morgan fingerprint density at radius 3 is 1.00 bits per heavy atom. The summed E-state index contributed by atoms with van der Waals surface area (Å²) in [5.74, 6) is -2.19. The first-order chi connectivity index (χ1) is 12.9. The molecule has 0 fully saturated rings. The third kappa shape index (κ3) is 58.4. The Morgan fingerprint density at radius 1 is 0.690 bits per heavy atom. The van der Waals surface area contributed by atoms with Crippen LogP contribution in [0.3, 0.4) is 0 Å². The molecule has 0 heterocycles. The van der Waals surface area contributed by atoms with Gasteiger partial charge < -0.3 is 30.0 Å². The molecule has 0 aromatic heterocycles. The average molecular weight is 454 g/mol. The van der Waals surface area contributed by atoms with E-state index in [1.54, 1.807) is 0 Å². The van der Waals surface area contributed by atoms with Gasteiger partial charge in [0.05, 0.1) is 0 Å². The smallest absolute Gasteiger partial charge is 0.550 e. The van der Waals surface area contributed by atoms with Gasteiger partial charge in [-0.05, 0) is 24.7 Å². The number of aliphatic hydroxyl groups excluding tert-OH is 2. The Hall–Kier alpha value is -1.09. The second-order valence-corrected chi connectivity index (χ2v) is 6.83. The summed E-state index contributed by atoms with van der Waals surface area (Å²) in [5, 5.41) is 35.8. The van der Waals surface area contributed by atoms with Crippen LogP contribution in [-0.4, -0.2) is 46.9 Å². The topological polar surface area (TPSA) is 155 Å². The molecule has 0 aliphatic carbocycles. The van der Waals surface area contributed by atoms with Crippen molar-refractivity contribution in [2.75, 3.05) is 13.2 Å². The summed E-state index contributed by atoms with van der Waals surface area (Å²) >= 11 is 0. The Bertz CT molecular complexity index is 371. The van der Waals surface area contributed by atoms with Gasteiger partial charge in [0.2, 0.25) is 0 Å². The molecule has 0 spiro atoms. The monoisotopic (exact) mass is 454 g/mol. The van der Waals surface area contributed by atoms with Crippen LogP contribution in [0.4, 0.5) is 0 Å². The molecule has 0 bridgehead atoms. The molecule has 0 radical (unpaired) electrons. The van der Waals surface area contributed by atoms with E-state index in [1.165, 1.54) is 0 Å². The number of carbonyl (C=O) groups is 4. The van der Waals surface area contributed by atoms with E-state index in [0.29, 0.717) is 50.7 Å². The van der Waals surface area contributed by atoms with Gasteiger partial charge in [0.1, 0.15) is 11.6 Å². The minimum absolute atomic E-state index is 0. The normalized spacial score (nSPS) is 8.90. The minimum Gasteiger partial charge on any atom is -0.550 e. The quantitative estimate of drug-likeness (QED) is 0.352. The molecule has 0 amide bonds. The standard InChI is InChI=1S/2C6H10O3.2C4H10O.Ti/c2*1-2-3-5(7)4-6(8)9;2*1-4(2)3-5;/h2*2-4H2,1H3,(H,8,9);2*4-5H,3H2,1-2H3;/q;;;;+2/p-2.